The van der Waals surface area contributed by atoms with Gasteiger partial charge in [0.2, 0.25) is 0 Å². The van der Waals surface area contributed by atoms with Gasteiger partial charge in [0, 0.05) is 15.5 Å². The first kappa shape index (κ1) is 13.9. The third-order valence-corrected chi connectivity index (χ3v) is 7.01. The monoisotopic (exact) mass is 315 g/mol. The number of aryl methyl sites for hydroxylation is 3. The fraction of sp³-hybridized carbons (Fsp3) is 0.444. The minimum absolute atomic E-state index is 0.0535. The molecule has 4 rings (SSSR count). The molecule has 2 N–H and O–H groups in total. The Bertz CT molecular complexity index is 636. The summed E-state index contributed by atoms with van der Waals surface area (Å²) < 4.78 is 0. The summed E-state index contributed by atoms with van der Waals surface area (Å²) in [5.74, 6) is 2.43. The lowest BCUT2D eigenvalue weighted by molar-refractivity contribution is 0.683. The van der Waals surface area contributed by atoms with Crippen molar-refractivity contribution in [2.45, 2.75) is 43.9 Å². The first-order chi connectivity index (χ1) is 10.3. The van der Waals surface area contributed by atoms with E-state index < -0.39 is 0 Å². The molecule has 110 valence electrons. The molecule has 0 spiro atoms. The van der Waals surface area contributed by atoms with Crippen molar-refractivity contribution in [2.24, 2.45) is 5.73 Å². The molecule has 21 heavy (non-hydrogen) atoms. The van der Waals surface area contributed by atoms with E-state index in [1.54, 1.807) is 10.4 Å². The number of nitrogens with two attached hydrogens (primary N) is 1. The van der Waals surface area contributed by atoms with Gasteiger partial charge in [0.1, 0.15) is 0 Å². The molecule has 0 radical (unpaired) electrons. The number of benzene rings is 1. The van der Waals surface area contributed by atoms with E-state index in [9.17, 15) is 0 Å². The van der Waals surface area contributed by atoms with Gasteiger partial charge < -0.3 is 5.73 Å². The Morgan fingerprint density at radius 1 is 0.952 bits per heavy atom. The van der Waals surface area contributed by atoms with Crippen LogP contribution in [-0.4, -0.2) is 5.75 Å². The van der Waals surface area contributed by atoms with Crippen molar-refractivity contribution in [1.29, 1.82) is 0 Å². The lowest BCUT2D eigenvalue weighted by Crippen LogP contribution is -2.12. The zero-order chi connectivity index (χ0) is 14.2. The number of thiophene rings is 1. The highest BCUT2D eigenvalue weighted by molar-refractivity contribution is 7.98. The SMILES string of the molecule is NC(c1ccc2c(c1)CCCC2)c1cc2c(s1)CCSC2. The minimum atomic E-state index is 0.0535. The molecule has 2 aliphatic rings. The van der Waals surface area contributed by atoms with Crippen LogP contribution in [-0.2, 0) is 25.0 Å². The van der Waals surface area contributed by atoms with Crippen LogP contribution < -0.4 is 5.73 Å². The third kappa shape index (κ3) is 2.67. The van der Waals surface area contributed by atoms with Crippen LogP contribution in [0.1, 0.15) is 50.9 Å². The summed E-state index contributed by atoms with van der Waals surface area (Å²) in [6, 6.07) is 9.34. The Morgan fingerprint density at radius 2 is 1.81 bits per heavy atom. The molecule has 1 aromatic carbocycles. The Balaban J connectivity index is 1.64. The van der Waals surface area contributed by atoms with Crippen LogP contribution in [0.15, 0.2) is 24.3 Å². The van der Waals surface area contributed by atoms with E-state index in [1.807, 2.05) is 23.1 Å². The molecule has 1 aromatic heterocycles. The van der Waals surface area contributed by atoms with Crippen molar-refractivity contribution >= 4 is 23.1 Å². The predicted molar refractivity (Wildman–Crippen MR) is 93.3 cm³/mol. The van der Waals surface area contributed by atoms with Gasteiger partial charge in [-0.1, -0.05) is 18.2 Å². The summed E-state index contributed by atoms with van der Waals surface area (Å²) in [7, 11) is 0. The molecule has 2 aromatic rings. The Kier molecular flexibility index (Phi) is 3.82. The molecular formula is C18H21NS2. The van der Waals surface area contributed by atoms with Crippen LogP contribution in [0.25, 0.3) is 0 Å². The predicted octanol–water partition coefficient (Wildman–Crippen LogP) is 4.46. The lowest BCUT2D eigenvalue weighted by Gasteiger charge is -2.18. The largest absolute Gasteiger partial charge is 0.320 e. The summed E-state index contributed by atoms with van der Waals surface area (Å²) in [5.41, 5.74) is 12.5. The second kappa shape index (κ2) is 5.79. The van der Waals surface area contributed by atoms with E-state index in [-0.39, 0.29) is 6.04 Å². The van der Waals surface area contributed by atoms with Crippen molar-refractivity contribution < 1.29 is 0 Å². The highest BCUT2D eigenvalue weighted by Crippen LogP contribution is 2.36. The molecule has 1 unspecified atom stereocenters. The topological polar surface area (TPSA) is 26.0 Å². The molecule has 0 saturated carbocycles. The van der Waals surface area contributed by atoms with Gasteiger partial charge >= 0.3 is 0 Å². The van der Waals surface area contributed by atoms with Crippen LogP contribution in [0.2, 0.25) is 0 Å². The summed E-state index contributed by atoms with van der Waals surface area (Å²) in [6.45, 7) is 0. The number of thioether (sulfide) groups is 1. The van der Waals surface area contributed by atoms with Crippen molar-refractivity contribution in [3.63, 3.8) is 0 Å². The summed E-state index contributed by atoms with van der Waals surface area (Å²) in [6.07, 6.45) is 6.37. The van der Waals surface area contributed by atoms with Crippen LogP contribution >= 0.6 is 23.1 Å². The molecule has 2 heterocycles. The van der Waals surface area contributed by atoms with Crippen LogP contribution in [0, 0.1) is 0 Å². The lowest BCUT2D eigenvalue weighted by atomic mass is 9.89. The number of hydrogen-bond acceptors (Lipinski definition) is 3. The van der Waals surface area contributed by atoms with E-state index in [1.165, 1.54) is 65.2 Å². The van der Waals surface area contributed by atoms with Crippen molar-refractivity contribution in [2.75, 3.05) is 5.75 Å². The van der Waals surface area contributed by atoms with E-state index in [4.69, 9.17) is 5.73 Å². The average Bonchev–Trinajstić information content (AvgIpc) is 2.97. The van der Waals surface area contributed by atoms with Gasteiger partial charge in [-0.05, 0) is 66.2 Å². The summed E-state index contributed by atoms with van der Waals surface area (Å²) in [4.78, 5) is 2.91. The summed E-state index contributed by atoms with van der Waals surface area (Å²) >= 11 is 3.98. The number of fused-ring (bicyclic) bond motifs is 2. The fourth-order valence-corrected chi connectivity index (χ4v) is 5.84. The van der Waals surface area contributed by atoms with Crippen LogP contribution in [0.3, 0.4) is 0 Å². The zero-order valence-corrected chi connectivity index (χ0v) is 13.9. The molecule has 0 bridgehead atoms. The molecule has 0 amide bonds. The second-order valence-electron chi connectivity index (χ2n) is 6.11. The van der Waals surface area contributed by atoms with Crippen molar-refractivity contribution in [3.8, 4) is 0 Å². The molecule has 1 aliphatic carbocycles. The van der Waals surface area contributed by atoms with Crippen LogP contribution in [0.5, 0.6) is 0 Å². The first-order valence-corrected chi connectivity index (χ1v) is 9.85. The maximum Gasteiger partial charge on any atom is 0.0646 e. The van der Waals surface area contributed by atoms with E-state index in [0.717, 1.165) is 0 Å². The van der Waals surface area contributed by atoms with Crippen LogP contribution in [0.4, 0.5) is 0 Å². The number of hydrogen-bond donors (Lipinski definition) is 1. The first-order valence-electron chi connectivity index (χ1n) is 7.88. The van der Waals surface area contributed by atoms with Gasteiger partial charge in [0.15, 0.2) is 0 Å². The van der Waals surface area contributed by atoms with Gasteiger partial charge in [-0.3, -0.25) is 0 Å². The maximum absolute atomic E-state index is 6.57. The normalized spacial score (nSPS) is 18.9. The van der Waals surface area contributed by atoms with E-state index in [2.05, 4.69) is 24.3 Å². The van der Waals surface area contributed by atoms with E-state index in [0.29, 0.717) is 0 Å². The molecule has 1 aliphatic heterocycles. The minimum Gasteiger partial charge on any atom is -0.320 e. The molecule has 0 fully saturated rings. The maximum atomic E-state index is 6.57. The summed E-state index contributed by atoms with van der Waals surface area (Å²) in [5, 5.41) is 0. The highest BCUT2D eigenvalue weighted by Gasteiger charge is 2.19. The van der Waals surface area contributed by atoms with Gasteiger partial charge in [-0.2, -0.15) is 11.8 Å². The number of rotatable bonds is 2. The Labute approximate surface area is 134 Å². The molecular weight excluding hydrogens is 294 g/mol. The standard InChI is InChI=1S/C18H21NS2/c19-18(17-10-15-11-20-8-7-16(15)21-17)14-6-5-12-3-1-2-4-13(12)9-14/h5-6,9-10,18H,1-4,7-8,11,19H2. The second-order valence-corrected chi connectivity index (χ2v) is 8.39. The Hall–Kier alpha value is -0.770. The molecule has 0 saturated heterocycles. The zero-order valence-electron chi connectivity index (χ0n) is 12.2. The molecule has 1 nitrogen and oxygen atoms in total. The van der Waals surface area contributed by atoms with Gasteiger partial charge in [-0.15, -0.1) is 11.3 Å². The average molecular weight is 316 g/mol. The highest BCUT2D eigenvalue weighted by atomic mass is 32.2. The fourth-order valence-electron chi connectivity index (χ4n) is 3.43. The quantitative estimate of drug-likeness (QED) is 0.885. The third-order valence-electron chi connectivity index (χ3n) is 4.68. The van der Waals surface area contributed by atoms with Crippen molar-refractivity contribution in [3.05, 3.63) is 56.3 Å². The van der Waals surface area contributed by atoms with E-state index >= 15 is 0 Å². The van der Waals surface area contributed by atoms with Gasteiger partial charge in [0.05, 0.1) is 6.04 Å². The smallest absolute Gasteiger partial charge is 0.0646 e. The van der Waals surface area contributed by atoms with Gasteiger partial charge in [0.25, 0.3) is 0 Å². The van der Waals surface area contributed by atoms with Gasteiger partial charge in [-0.25, -0.2) is 0 Å². The van der Waals surface area contributed by atoms with Crippen molar-refractivity contribution in [1.82, 2.24) is 0 Å². The molecule has 3 heteroatoms. The molecule has 1 atom stereocenters. The Morgan fingerprint density at radius 3 is 2.67 bits per heavy atom.